The Kier molecular flexibility index (Phi) is 6.08. The monoisotopic (exact) mass is 433 g/mol. The second-order valence-electron chi connectivity index (χ2n) is 7.18. The van der Waals surface area contributed by atoms with Crippen LogP contribution in [-0.2, 0) is 17.6 Å². The van der Waals surface area contributed by atoms with Crippen LogP contribution in [0.2, 0.25) is 0 Å². The van der Waals surface area contributed by atoms with Gasteiger partial charge in [-0.1, -0.05) is 0 Å². The summed E-state index contributed by atoms with van der Waals surface area (Å²) in [6, 6.07) is 9.92. The molecule has 3 rings (SSSR count). The van der Waals surface area contributed by atoms with Gasteiger partial charge in [-0.25, -0.2) is 0 Å². The molecule has 2 heterocycles. The van der Waals surface area contributed by atoms with E-state index in [9.17, 15) is 4.79 Å². The Labute approximate surface area is 164 Å². The van der Waals surface area contributed by atoms with Gasteiger partial charge in [0.25, 0.3) is 0 Å². The zero-order valence-electron chi connectivity index (χ0n) is 15.6. The summed E-state index contributed by atoms with van der Waals surface area (Å²) in [5.41, 5.74) is 1.58. The second-order valence-corrected chi connectivity index (χ2v) is 9.47. The molecule has 1 atom stereocenters. The fourth-order valence-electron chi connectivity index (χ4n) is 2.52. The number of aromatic nitrogens is 4. The molecule has 1 aromatic carbocycles. The molecule has 1 unspecified atom stereocenters. The van der Waals surface area contributed by atoms with E-state index in [0.717, 1.165) is 21.3 Å². The number of benzene rings is 1. The molecular formula is C19H23N5O2Se. The average molecular weight is 432 g/mol. The molecule has 1 amide bonds. The van der Waals surface area contributed by atoms with E-state index in [4.69, 9.17) is 4.74 Å². The predicted octanol–water partition coefficient (Wildman–Crippen LogP) is 2.66. The van der Waals surface area contributed by atoms with E-state index in [-0.39, 0.29) is 20.5 Å². The molecule has 7 nitrogen and oxygen atoms in total. The van der Waals surface area contributed by atoms with E-state index in [0.29, 0.717) is 6.42 Å². The number of alkyl carbamates (subject to hydrolysis) is 1. The third-order valence-electron chi connectivity index (χ3n) is 3.65. The third kappa shape index (κ3) is 6.05. The summed E-state index contributed by atoms with van der Waals surface area (Å²) < 4.78 is 7.34. The van der Waals surface area contributed by atoms with Crippen LogP contribution in [0.25, 0.3) is 0 Å². The van der Waals surface area contributed by atoms with Crippen LogP contribution in [0.1, 0.15) is 47.2 Å². The maximum absolute atomic E-state index is 12.3. The summed E-state index contributed by atoms with van der Waals surface area (Å²) in [5, 5.41) is 11.7. The van der Waals surface area contributed by atoms with Crippen molar-refractivity contribution in [3.8, 4) is 0 Å². The van der Waals surface area contributed by atoms with E-state index in [1.807, 2.05) is 39.0 Å². The molecule has 3 aromatic rings. The number of ether oxygens (including phenoxy) is 1. The molecule has 8 heteroatoms. The fraction of sp³-hybridized carbons (Fsp3) is 0.368. The minimum atomic E-state index is -0.555. The van der Waals surface area contributed by atoms with Crippen molar-refractivity contribution in [2.24, 2.45) is 0 Å². The quantitative estimate of drug-likeness (QED) is 0.585. The molecule has 2 N–H and O–H groups in total. The maximum atomic E-state index is 12.3. The number of imidazole rings is 1. The van der Waals surface area contributed by atoms with Gasteiger partial charge in [0.05, 0.1) is 0 Å². The van der Waals surface area contributed by atoms with Gasteiger partial charge in [-0.3, -0.25) is 0 Å². The first kappa shape index (κ1) is 19.3. The van der Waals surface area contributed by atoms with E-state index in [1.165, 1.54) is 5.56 Å². The SMILES string of the molecule is CC(C)(C)OC(=O)NC(Cc1cnc[nH]1)c1nnc(Cc2ccccc2)[se]1. The van der Waals surface area contributed by atoms with Crippen LogP contribution in [0.3, 0.4) is 0 Å². The van der Waals surface area contributed by atoms with Crippen molar-refractivity contribution in [3.63, 3.8) is 0 Å². The molecule has 0 aliphatic rings. The fourth-order valence-corrected chi connectivity index (χ4v) is 4.46. The van der Waals surface area contributed by atoms with Gasteiger partial charge >= 0.3 is 164 Å². The minimum absolute atomic E-state index is 0.0183. The second kappa shape index (κ2) is 8.50. The topological polar surface area (TPSA) is 92.8 Å². The van der Waals surface area contributed by atoms with Crippen molar-refractivity contribution in [1.29, 1.82) is 0 Å². The number of hydrogen-bond acceptors (Lipinski definition) is 5. The molecule has 0 saturated heterocycles. The van der Waals surface area contributed by atoms with Crippen molar-refractivity contribution >= 4 is 20.6 Å². The number of hydrogen-bond donors (Lipinski definition) is 2. The van der Waals surface area contributed by atoms with Gasteiger partial charge in [0.15, 0.2) is 0 Å². The standard InChI is InChI=1S/C19H23N5O2Se/c1-19(2,3)26-18(25)22-15(10-14-11-20-12-21-14)17-24-23-16(27-17)9-13-7-5-4-6-8-13/h4-8,11-12,15H,9-10H2,1-3H3,(H,20,21)(H,22,25). The van der Waals surface area contributed by atoms with E-state index >= 15 is 0 Å². The van der Waals surface area contributed by atoms with Crippen LogP contribution in [0.5, 0.6) is 0 Å². The first-order valence-electron chi connectivity index (χ1n) is 8.72. The molecule has 0 radical (unpaired) electrons. The molecule has 0 fully saturated rings. The number of nitrogens with zero attached hydrogens (tertiary/aromatic N) is 3. The molecule has 27 heavy (non-hydrogen) atoms. The number of nitrogens with one attached hydrogen (secondary N) is 2. The van der Waals surface area contributed by atoms with Crippen LogP contribution in [-0.4, -0.2) is 46.4 Å². The van der Waals surface area contributed by atoms with Crippen LogP contribution in [0.15, 0.2) is 42.9 Å². The average Bonchev–Trinajstić information content (AvgIpc) is 3.25. The predicted molar refractivity (Wildman–Crippen MR) is 103 cm³/mol. The van der Waals surface area contributed by atoms with Gasteiger partial charge in [-0.2, -0.15) is 0 Å². The van der Waals surface area contributed by atoms with Crippen LogP contribution in [0.4, 0.5) is 4.79 Å². The molecule has 2 aromatic heterocycles. The van der Waals surface area contributed by atoms with Crippen molar-refractivity contribution in [3.05, 3.63) is 63.2 Å². The Morgan fingerprint density at radius 1 is 1.26 bits per heavy atom. The third-order valence-corrected chi connectivity index (χ3v) is 5.82. The van der Waals surface area contributed by atoms with Gasteiger partial charge < -0.3 is 0 Å². The number of aromatic amines is 1. The molecule has 0 aliphatic heterocycles. The van der Waals surface area contributed by atoms with Crippen LogP contribution >= 0.6 is 0 Å². The first-order chi connectivity index (χ1) is 12.9. The summed E-state index contributed by atoms with van der Waals surface area (Å²) >= 11 is -0.0183. The van der Waals surface area contributed by atoms with Gasteiger partial charge in [-0.05, 0) is 0 Å². The Balaban J connectivity index is 1.74. The van der Waals surface area contributed by atoms with E-state index < -0.39 is 11.7 Å². The zero-order chi connectivity index (χ0) is 19.3. The van der Waals surface area contributed by atoms with Crippen LogP contribution in [0, 0.1) is 0 Å². The summed E-state index contributed by atoms with van der Waals surface area (Å²) in [6.07, 6.45) is 4.25. The molecule has 142 valence electrons. The van der Waals surface area contributed by atoms with Gasteiger partial charge in [0.2, 0.25) is 0 Å². The van der Waals surface area contributed by atoms with Crippen molar-refractivity contribution in [1.82, 2.24) is 25.5 Å². The number of carbonyl (C=O) groups excluding carboxylic acids is 1. The van der Waals surface area contributed by atoms with Crippen molar-refractivity contribution in [2.75, 3.05) is 0 Å². The Morgan fingerprint density at radius 3 is 2.70 bits per heavy atom. The van der Waals surface area contributed by atoms with E-state index in [1.54, 1.807) is 12.5 Å². The Bertz CT molecular complexity index is 856. The number of H-pyrrole nitrogens is 1. The summed E-state index contributed by atoms with van der Waals surface area (Å²) in [5.74, 6) is 0. The normalized spacial score (nSPS) is 12.6. The zero-order valence-corrected chi connectivity index (χ0v) is 17.3. The molecule has 0 aliphatic carbocycles. The molecular weight excluding hydrogens is 409 g/mol. The Hall–Kier alpha value is -2.44. The van der Waals surface area contributed by atoms with Gasteiger partial charge in [0.1, 0.15) is 0 Å². The van der Waals surface area contributed by atoms with Gasteiger partial charge in [0, 0.05) is 0 Å². The Morgan fingerprint density at radius 2 is 2.04 bits per heavy atom. The number of amides is 1. The summed E-state index contributed by atoms with van der Waals surface area (Å²) in [6.45, 7) is 5.53. The first-order valence-corrected chi connectivity index (χ1v) is 10.4. The van der Waals surface area contributed by atoms with E-state index in [2.05, 4.69) is 37.6 Å². The number of rotatable bonds is 6. The van der Waals surface area contributed by atoms with Crippen molar-refractivity contribution < 1.29 is 9.53 Å². The summed E-state index contributed by atoms with van der Waals surface area (Å²) in [4.78, 5) is 19.4. The molecule has 0 spiro atoms. The summed E-state index contributed by atoms with van der Waals surface area (Å²) in [7, 11) is 0. The number of carbonyl (C=O) groups is 1. The molecule has 0 bridgehead atoms. The van der Waals surface area contributed by atoms with Crippen molar-refractivity contribution in [2.45, 2.75) is 45.3 Å². The van der Waals surface area contributed by atoms with Gasteiger partial charge in [-0.15, -0.1) is 0 Å². The molecule has 0 saturated carbocycles. The van der Waals surface area contributed by atoms with Crippen LogP contribution < -0.4 is 5.32 Å².